The van der Waals surface area contributed by atoms with Gasteiger partial charge in [-0.05, 0) is 38.1 Å². The van der Waals surface area contributed by atoms with Gasteiger partial charge >= 0.3 is 0 Å². The molecule has 1 saturated heterocycles. The van der Waals surface area contributed by atoms with Crippen molar-refractivity contribution in [3.63, 3.8) is 0 Å². The van der Waals surface area contributed by atoms with Gasteiger partial charge in [0.1, 0.15) is 0 Å². The highest BCUT2D eigenvalue weighted by Gasteiger charge is 2.25. The zero-order valence-electron chi connectivity index (χ0n) is 14.4. The lowest BCUT2D eigenvalue weighted by atomic mass is 9.96. The Hall–Kier alpha value is -2.28. The fourth-order valence-electron chi connectivity index (χ4n) is 2.87. The predicted molar refractivity (Wildman–Crippen MR) is 91.4 cm³/mol. The molecule has 1 heterocycles. The van der Waals surface area contributed by atoms with Crippen LogP contribution >= 0.6 is 0 Å². The Morgan fingerprint density at radius 3 is 2.42 bits per heavy atom. The SMILES string of the molecule is CNC(=O)C1CCN(CC(=O)Nc2ccc(OC)c(OC)c2)CC1. The van der Waals surface area contributed by atoms with Crippen LogP contribution in [0.4, 0.5) is 5.69 Å². The summed E-state index contributed by atoms with van der Waals surface area (Å²) in [6.07, 6.45) is 1.56. The normalized spacial score (nSPS) is 15.6. The number of nitrogens with zero attached hydrogens (tertiary/aromatic N) is 1. The van der Waals surface area contributed by atoms with Crippen LogP contribution in [0.25, 0.3) is 0 Å². The fraction of sp³-hybridized carbons (Fsp3) is 0.529. The summed E-state index contributed by atoms with van der Waals surface area (Å²) < 4.78 is 10.4. The van der Waals surface area contributed by atoms with Crippen molar-refractivity contribution in [1.29, 1.82) is 0 Å². The molecule has 24 heavy (non-hydrogen) atoms. The summed E-state index contributed by atoms with van der Waals surface area (Å²) in [5.41, 5.74) is 0.665. The lowest BCUT2D eigenvalue weighted by Gasteiger charge is -2.30. The molecule has 1 aromatic rings. The number of amides is 2. The summed E-state index contributed by atoms with van der Waals surface area (Å²) in [6, 6.07) is 5.26. The van der Waals surface area contributed by atoms with Crippen LogP contribution in [0.5, 0.6) is 11.5 Å². The van der Waals surface area contributed by atoms with E-state index in [0.717, 1.165) is 25.9 Å². The number of rotatable bonds is 6. The number of nitrogens with one attached hydrogen (secondary N) is 2. The molecule has 132 valence electrons. The highest BCUT2D eigenvalue weighted by Crippen LogP contribution is 2.29. The molecule has 1 aliphatic rings. The van der Waals surface area contributed by atoms with E-state index >= 15 is 0 Å². The maximum Gasteiger partial charge on any atom is 0.238 e. The number of carbonyl (C=O) groups is 2. The number of benzene rings is 1. The molecule has 0 saturated carbocycles. The molecule has 2 amide bonds. The molecular formula is C17H25N3O4. The van der Waals surface area contributed by atoms with Gasteiger partial charge in [-0.25, -0.2) is 0 Å². The van der Waals surface area contributed by atoms with E-state index in [0.29, 0.717) is 23.7 Å². The minimum Gasteiger partial charge on any atom is -0.493 e. The molecule has 1 aromatic carbocycles. The van der Waals surface area contributed by atoms with Crippen LogP contribution in [-0.2, 0) is 9.59 Å². The van der Waals surface area contributed by atoms with E-state index in [1.807, 2.05) is 0 Å². The zero-order chi connectivity index (χ0) is 17.5. The maximum absolute atomic E-state index is 12.2. The topological polar surface area (TPSA) is 79.9 Å². The first-order chi connectivity index (χ1) is 11.6. The summed E-state index contributed by atoms with van der Waals surface area (Å²) >= 11 is 0. The highest BCUT2D eigenvalue weighted by molar-refractivity contribution is 5.92. The minimum atomic E-state index is -0.0828. The lowest BCUT2D eigenvalue weighted by molar-refractivity contribution is -0.126. The summed E-state index contributed by atoms with van der Waals surface area (Å²) in [7, 11) is 4.78. The number of likely N-dealkylation sites (tertiary alicyclic amines) is 1. The number of carbonyl (C=O) groups excluding carboxylic acids is 2. The van der Waals surface area contributed by atoms with Gasteiger partial charge in [-0.2, -0.15) is 0 Å². The second-order valence-electron chi connectivity index (χ2n) is 5.78. The zero-order valence-corrected chi connectivity index (χ0v) is 14.4. The average molecular weight is 335 g/mol. The van der Waals surface area contributed by atoms with E-state index in [9.17, 15) is 9.59 Å². The third-order valence-electron chi connectivity index (χ3n) is 4.24. The minimum absolute atomic E-state index is 0.0557. The van der Waals surface area contributed by atoms with Crippen molar-refractivity contribution in [2.24, 2.45) is 5.92 Å². The van der Waals surface area contributed by atoms with Gasteiger partial charge in [0, 0.05) is 24.7 Å². The van der Waals surface area contributed by atoms with E-state index in [2.05, 4.69) is 15.5 Å². The van der Waals surface area contributed by atoms with Crippen LogP contribution in [-0.4, -0.2) is 57.6 Å². The molecule has 0 bridgehead atoms. The summed E-state index contributed by atoms with van der Waals surface area (Å²) in [6.45, 7) is 1.81. The molecule has 0 aliphatic carbocycles. The van der Waals surface area contributed by atoms with E-state index in [-0.39, 0.29) is 17.7 Å². The Kier molecular flexibility index (Phi) is 6.43. The maximum atomic E-state index is 12.2. The van der Waals surface area contributed by atoms with Crippen LogP contribution in [0.15, 0.2) is 18.2 Å². The molecule has 7 heteroatoms. The van der Waals surface area contributed by atoms with Gasteiger partial charge in [0.25, 0.3) is 0 Å². The highest BCUT2D eigenvalue weighted by atomic mass is 16.5. The molecule has 1 fully saturated rings. The molecule has 0 atom stereocenters. The van der Waals surface area contributed by atoms with E-state index in [4.69, 9.17) is 9.47 Å². The monoisotopic (exact) mass is 335 g/mol. The Morgan fingerprint density at radius 1 is 1.17 bits per heavy atom. The second-order valence-corrected chi connectivity index (χ2v) is 5.78. The number of anilines is 1. The van der Waals surface area contributed by atoms with Gasteiger partial charge in [0.05, 0.1) is 20.8 Å². The Bertz CT molecular complexity index is 583. The molecule has 0 radical (unpaired) electrons. The number of piperidine rings is 1. The van der Waals surface area contributed by atoms with Crippen molar-refractivity contribution >= 4 is 17.5 Å². The van der Waals surface area contributed by atoms with Crippen LogP contribution < -0.4 is 20.1 Å². The Morgan fingerprint density at radius 2 is 1.83 bits per heavy atom. The molecule has 2 N–H and O–H groups in total. The average Bonchev–Trinajstić information content (AvgIpc) is 2.61. The van der Waals surface area contributed by atoms with Gasteiger partial charge < -0.3 is 20.1 Å². The summed E-state index contributed by atoms with van der Waals surface area (Å²) in [5.74, 6) is 1.25. The van der Waals surface area contributed by atoms with Crippen LogP contribution in [0.1, 0.15) is 12.8 Å². The van der Waals surface area contributed by atoms with Crippen molar-refractivity contribution < 1.29 is 19.1 Å². The summed E-state index contributed by atoms with van der Waals surface area (Å²) in [4.78, 5) is 25.9. The molecule has 0 aromatic heterocycles. The van der Waals surface area contributed by atoms with Crippen LogP contribution in [0, 0.1) is 5.92 Å². The van der Waals surface area contributed by atoms with Crippen molar-refractivity contribution in [3.8, 4) is 11.5 Å². The van der Waals surface area contributed by atoms with Crippen LogP contribution in [0.3, 0.4) is 0 Å². The van der Waals surface area contributed by atoms with Crippen molar-refractivity contribution in [3.05, 3.63) is 18.2 Å². The standard InChI is InChI=1S/C17H25N3O4/c1-18-17(22)12-6-8-20(9-7-12)11-16(21)19-13-4-5-14(23-2)15(10-13)24-3/h4-5,10,12H,6-9,11H2,1-3H3,(H,18,22)(H,19,21). The molecule has 7 nitrogen and oxygen atoms in total. The van der Waals surface area contributed by atoms with E-state index < -0.39 is 0 Å². The first-order valence-corrected chi connectivity index (χ1v) is 8.03. The fourth-order valence-corrected chi connectivity index (χ4v) is 2.87. The molecule has 0 spiro atoms. The number of hydrogen-bond acceptors (Lipinski definition) is 5. The van der Waals surface area contributed by atoms with E-state index in [1.54, 1.807) is 39.5 Å². The van der Waals surface area contributed by atoms with Gasteiger partial charge in [-0.1, -0.05) is 0 Å². The van der Waals surface area contributed by atoms with Crippen molar-refractivity contribution in [1.82, 2.24) is 10.2 Å². The first kappa shape index (κ1) is 18.1. The predicted octanol–water partition coefficient (Wildman–Crippen LogP) is 1.10. The summed E-state index contributed by atoms with van der Waals surface area (Å²) in [5, 5.41) is 5.55. The second kappa shape index (κ2) is 8.54. The van der Waals surface area contributed by atoms with Crippen LogP contribution in [0.2, 0.25) is 0 Å². The molecule has 2 rings (SSSR count). The number of methoxy groups -OCH3 is 2. The van der Waals surface area contributed by atoms with E-state index in [1.165, 1.54) is 0 Å². The Labute approximate surface area is 142 Å². The lowest BCUT2D eigenvalue weighted by Crippen LogP contribution is -2.42. The first-order valence-electron chi connectivity index (χ1n) is 8.03. The third-order valence-corrected chi connectivity index (χ3v) is 4.24. The molecule has 0 unspecified atom stereocenters. The van der Waals surface area contributed by atoms with Gasteiger partial charge in [0.15, 0.2) is 11.5 Å². The quantitative estimate of drug-likeness (QED) is 0.814. The number of ether oxygens (including phenoxy) is 2. The molecular weight excluding hydrogens is 310 g/mol. The Balaban J connectivity index is 1.85. The number of hydrogen-bond donors (Lipinski definition) is 2. The smallest absolute Gasteiger partial charge is 0.238 e. The third kappa shape index (κ3) is 4.61. The molecule has 1 aliphatic heterocycles. The van der Waals surface area contributed by atoms with Gasteiger partial charge in [-0.3, -0.25) is 14.5 Å². The van der Waals surface area contributed by atoms with Crippen molar-refractivity contribution in [2.45, 2.75) is 12.8 Å². The van der Waals surface area contributed by atoms with Crippen molar-refractivity contribution in [2.75, 3.05) is 46.2 Å². The van der Waals surface area contributed by atoms with Gasteiger partial charge in [-0.15, -0.1) is 0 Å². The van der Waals surface area contributed by atoms with Gasteiger partial charge in [0.2, 0.25) is 11.8 Å². The largest absolute Gasteiger partial charge is 0.493 e.